The van der Waals surface area contributed by atoms with Gasteiger partial charge in [0.15, 0.2) is 0 Å². The summed E-state index contributed by atoms with van der Waals surface area (Å²) < 4.78 is 41.3. The van der Waals surface area contributed by atoms with Crippen LogP contribution in [0, 0.1) is 0 Å². The van der Waals surface area contributed by atoms with Gasteiger partial charge in [0.2, 0.25) is 0 Å². The van der Waals surface area contributed by atoms with Crippen LogP contribution in [0.3, 0.4) is 0 Å². The Hall–Kier alpha value is -4.79. The minimum atomic E-state index is -0.600. The fraction of sp³-hybridized carbons (Fsp3) is 0.294. The summed E-state index contributed by atoms with van der Waals surface area (Å²) in [5.74, 6) is 0.766. The summed E-state index contributed by atoms with van der Waals surface area (Å²) in [6.45, 7) is 4.50. The van der Waals surface area contributed by atoms with E-state index in [1.807, 2.05) is 72.8 Å². The molecule has 0 aliphatic carbocycles. The molecule has 0 bridgehead atoms. The zero-order chi connectivity index (χ0) is 39.5. The second kappa shape index (κ2) is 19.8. The second-order valence-electron chi connectivity index (χ2n) is 15.1. The molecular weight excluding hydrogens is 744 g/mol. The molecule has 0 saturated carbocycles. The normalized spacial score (nSPS) is 20.1. The first-order chi connectivity index (χ1) is 28.6. The zero-order valence-corrected chi connectivity index (χ0v) is 33.8. The monoisotopic (exact) mass is 794 g/mol. The van der Waals surface area contributed by atoms with Gasteiger partial charge in [-0.25, -0.2) is 0 Å². The molecule has 2 aliphatic rings. The molecule has 7 heteroatoms. The van der Waals surface area contributed by atoms with Crippen LogP contribution in [0.1, 0.15) is 63.1 Å². The Labute approximate surface area is 347 Å². The zero-order valence-electron chi connectivity index (χ0n) is 33.0. The summed E-state index contributed by atoms with van der Waals surface area (Å²) in [7, 11) is 0. The Bertz CT molecular complexity index is 2160. The van der Waals surface area contributed by atoms with Gasteiger partial charge in [-0.3, -0.25) is 0 Å². The number of rotatable bonds is 17. The van der Waals surface area contributed by atoms with Gasteiger partial charge in [-0.1, -0.05) is 164 Å². The molecule has 6 aromatic rings. The van der Waals surface area contributed by atoms with Crippen LogP contribution in [0.25, 0.3) is 0 Å². The van der Waals surface area contributed by atoms with E-state index in [-0.39, 0.29) is 6.61 Å². The van der Waals surface area contributed by atoms with Gasteiger partial charge < -0.3 is 28.4 Å². The summed E-state index contributed by atoms with van der Waals surface area (Å²) in [5.41, 5.74) is 9.66. The van der Waals surface area contributed by atoms with Crippen LogP contribution in [0.2, 0.25) is 5.02 Å². The van der Waals surface area contributed by atoms with E-state index >= 15 is 0 Å². The highest BCUT2D eigenvalue weighted by Gasteiger charge is 2.50. The molecule has 1 fully saturated rings. The fourth-order valence-electron chi connectivity index (χ4n) is 7.93. The Kier molecular flexibility index (Phi) is 13.6. The molecule has 0 N–H and O–H groups in total. The molecule has 6 aromatic carbocycles. The number of hydrogen-bond acceptors (Lipinski definition) is 6. The van der Waals surface area contributed by atoms with E-state index in [1.165, 1.54) is 11.1 Å². The molecule has 2 heterocycles. The van der Waals surface area contributed by atoms with Gasteiger partial charge in [-0.2, -0.15) is 0 Å². The van der Waals surface area contributed by atoms with Gasteiger partial charge in [-0.05, 0) is 57.9 Å². The number of hydrogen-bond donors (Lipinski definition) is 0. The predicted molar refractivity (Wildman–Crippen MR) is 228 cm³/mol. The van der Waals surface area contributed by atoms with Crippen LogP contribution >= 0.6 is 11.6 Å². The minimum Gasteiger partial charge on any atom is -0.493 e. The van der Waals surface area contributed by atoms with Gasteiger partial charge in [0.05, 0.1) is 44.7 Å². The first-order valence-corrected chi connectivity index (χ1v) is 20.8. The van der Waals surface area contributed by atoms with Gasteiger partial charge in [0.25, 0.3) is 0 Å². The predicted octanol–water partition coefficient (Wildman–Crippen LogP) is 10.8. The van der Waals surface area contributed by atoms with E-state index in [1.54, 1.807) is 0 Å². The third kappa shape index (κ3) is 9.90. The van der Waals surface area contributed by atoms with Crippen LogP contribution in [0.4, 0.5) is 0 Å². The molecule has 58 heavy (non-hydrogen) atoms. The van der Waals surface area contributed by atoms with Crippen molar-refractivity contribution in [3.05, 3.63) is 207 Å². The van der Waals surface area contributed by atoms with E-state index in [0.29, 0.717) is 45.9 Å². The third-order valence-corrected chi connectivity index (χ3v) is 11.5. The lowest BCUT2D eigenvalue weighted by Gasteiger charge is -2.46. The van der Waals surface area contributed by atoms with E-state index in [4.69, 9.17) is 40.0 Å². The van der Waals surface area contributed by atoms with Crippen molar-refractivity contribution in [1.82, 2.24) is 0 Å². The van der Waals surface area contributed by atoms with Gasteiger partial charge in [0, 0.05) is 17.5 Å². The average molecular weight is 795 g/mol. The van der Waals surface area contributed by atoms with Crippen molar-refractivity contribution < 1.29 is 28.4 Å². The summed E-state index contributed by atoms with van der Waals surface area (Å²) in [6.07, 6.45) is -0.447. The first kappa shape index (κ1) is 40.0. The Balaban J connectivity index is 1.21. The minimum absolute atomic E-state index is 0.273. The van der Waals surface area contributed by atoms with Crippen LogP contribution in [-0.4, -0.2) is 37.6 Å². The van der Waals surface area contributed by atoms with Crippen molar-refractivity contribution in [1.29, 1.82) is 0 Å². The van der Waals surface area contributed by atoms with Crippen molar-refractivity contribution in [3.63, 3.8) is 0 Å². The maximum absolute atomic E-state index is 7.32. The first-order valence-electron chi connectivity index (χ1n) is 20.4. The Morgan fingerprint density at radius 1 is 0.569 bits per heavy atom. The third-order valence-electron chi connectivity index (χ3n) is 11.0. The van der Waals surface area contributed by atoms with Crippen molar-refractivity contribution in [3.8, 4) is 5.75 Å². The number of benzene rings is 6. The molecule has 6 nitrogen and oxygen atoms in total. The maximum atomic E-state index is 7.32. The van der Waals surface area contributed by atoms with Crippen molar-refractivity contribution in [2.24, 2.45) is 0 Å². The number of fused-ring (bicyclic) bond motifs is 1. The lowest BCUT2D eigenvalue weighted by molar-refractivity contribution is -0.275. The molecule has 1 unspecified atom stereocenters. The Morgan fingerprint density at radius 3 is 1.62 bits per heavy atom. The molecule has 0 amide bonds. The molecule has 0 radical (unpaired) electrons. The highest BCUT2D eigenvalue weighted by molar-refractivity contribution is 6.32. The molecule has 1 saturated heterocycles. The lowest BCUT2D eigenvalue weighted by Crippen LogP contribution is -2.58. The van der Waals surface area contributed by atoms with E-state index < -0.39 is 30.5 Å². The highest BCUT2D eigenvalue weighted by atomic mass is 35.5. The summed E-state index contributed by atoms with van der Waals surface area (Å²) in [5, 5.41) is 0.747. The van der Waals surface area contributed by atoms with Crippen LogP contribution in [0.15, 0.2) is 152 Å². The van der Waals surface area contributed by atoms with E-state index in [2.05, 4.69) is 85.8 Å². The van der Waals surface area contributed by atoms with Crippen molar-refractivity contribution in [2.45, 2.75) is 83.1 Å². The highest BCUT2D eigenvalue weighted by Crippen LogP contribution is 2.47. The summed E-state index contributed by atoms with van der Waals surface area (Å²) >= 11 is 7.26. The SMILES string of the molecule is CCc1ccc(Cc2cc(C3O[C@H](COCc4ccccc4)[C@@H](OCc4ccccc4)[C@H](OCc4ccccc4)[C@H]3OCc3ccccc3)c3c(c2Cl)CCO3)cc1. The second-order valence-corrected chi connectivity index (χ2v) is 15.4. The number of aryl methyl sites for hydroxylation is 1. The Morgan fingerprint density at radius 2 is 1.07 bits per heavy atom. The lowest BCUT2D eigenvalue weighted by atomic mass is 9.87. The molecule has 298 valence electrons. The van der Waals surface area contributed by atoms with Crippen molar-refractivity contribution >= 4 is 11.6 Å². The van der Waals surface area contributed by atoms with Gasteiger partial charge >= 0.3 is 0 Å². The molecule has 5 atom stereocenters. The van der Waals surface area contributed by atoms with Crippen LogP contribution < -0.4 is 4.74 Å². The van der Waals surface area contributed by atoms with Gasteiger partial charge in [0.1, 0.15) is 36.3 Å². The summed E-state index contributed by atoms with van der Waals surface area (Å²) in [6, 6.07) is 51.8. The van der Waals surface area contributed by atoms with Crippen molar-refractivity contribution in [2.75, 3.05) is 13.2 Å². The molecule has 0 spiro atoms. The summed E-state index contributed by atoms with van der Waals surface area (Å²) in [4.78, 5) is 0. The largest absolute Gasteiger partial charge is 0.493 e. The molecule has 2 aliphatic heterocycles. The molecular formula is C51H51ClO6. The number of ether oxygens (including phenoxy) is 6. The topological polar surface area (TPSA) is 55.4 Å². The standard InChI is InChI=1S/C51H51ClO6/c1-2-36-23-25-37(26-24-36)29-42-30-44(47-43(46(42)52)27-28-54-47)48-50(56-33-40-19-11-5-12-20-40)51(57-34-41-21-13-6-14-22-41)49(55-32-39-17-9-4-10-18-39)45(58-48)35-53-31-38-15-7-3-8-16-38/h3-26,30,45,48-51H,2,27-29,31-35H2,1H3/t45-,48?,49-,50+,51+/m1/s1. The van der Waals surface area contributed by atoms with Crippen LogP contribution in [0.5, 0.6) is 5.75 Å². The number of halogens is 1. The van der Waals surface area contributed by atoms with E-state index in [0.717, 1.165) is 56.1 Å². The van der Waals surface area contributed by atoms with Crippen LogP contribution in [-0.2, 0) is 69.4 Å². The van der Waals surface area contributed by atoms with Gasteiger partial charge in [-0.15, -0.1) is 0 Å². The van der Waals surface area contributed by atoms with E-state index in [9.17, 15) is 0 Å². The quantitative estimate of drug-likeness (QED) is 0.0917. The average Bonchev–Trinajstić information content (AvgIpc) is 3.78. The smallest absolute Gasteiger partial charge is 0.130 e. The maximum Gasteiger partial charge on any atom is 0.130 e. The fourth-order valence-corrected chi connectivity index (χ4v) is 8.23. The molecule has 0 aromatic heterocycles. The molecule has 8 rings (SSSR count).